The first-order valence-corrected chi connectivity index (χ1v) is 7.70. The van der Waals surface area contributed by atoms with E-state index in [1.54, 1.807) is 26.4 Å². The van der Waals surface area contributed by atoms with Crippen molar-refractivity contribution in [1.29, 1.82) is 0 Å². The molecular weight excluding hydrogens is 308 g/mol. The van der Waals surface area contributed by atoms with E-state index in [-0.39, 0.29) is 10.6 Å². The van der Waals surface area contributed by atoms with E-state index in [4.69, 9.17) is 9.47 Å². The van der Waals surface area contributed by atoms with Crippen molar-refractivity contribution >= 4 is 5.69 Å². The summed E-state index contributed by atoms with van der Waals surface area (Å²) in [6.07, 6.45) is 0. The molecule has 1 N–H and O–H groups in total. The maximum absolute atomic E-state index is 10.7. The highest BCUT2D eigenvalue weighted by Gasteiger charge is 2.13. The summed E-state index contributed by atoms with van der Waals surface area (Å²) in [7, 11) is 5.35. The van der Waals surface area contributed by atoms with Crippen LogP contribution in [0, 0.1) is 17.0 Å². The standard InChI is InChI=1S/C18H22N2O4/c1-13-9-17(23-3)18(24-4)10-15(13)12-19(2)11-14-5-7-16(8-6-14)20(21)22/h5-10H,11-12H2,1-4H3/p+1. The molecule has 6 nitrogen and oxygen atoms in total. The normalized spacial score (nSPS) is 11.8. The van der Waals surface area contributed by atoms with E-state index in [1.165, 1.54) is 10.5 Å². The van der Waals surface area contributed by atoms with Crippen molar-refractivity contribution in [1.82, 2.24) is 0 Å². The van der Waals surface area contributed by atoms with Gasteiger partial charge in [0.1, 0.15) is 13.1 Å². The molecule has 0 spiro atoms. The highest BCUT2D eigenvalue weighted by molar-refractivity contribution is 5.46. The second-order valence-corrected chi connectivity index (χ2v) is 5.87. The number of rotatable bonds is 7. The number of hydrogen-bond acceptors (Lipinski definition) is 4. The summed E-state index contributed by atoms with van der Waals surface area (Å²) in [4.78, 5) is 11.6. The first-order valence-electron chi connectivity index (χ1n) is 7.70. The van der Waals surface area contributed by atoms with E-state index in [1.807, 2.05) is 24.3 Å². The van der Waals surface area contributed by atoms with Crippen LogP contribution in [0.15, 0.2) is 36.4 Å². The lowest BCUT2D eigenvalue weighted by atomic mass is 10.1. The zero-order valence-corrected chi connectivity index (χ0v) is 14.5. The molecule has 2 aromatic carbocycles. The van der Waals surface area contributed by atoms with Gasteiger partial charge in [0.25, 0.3) is 5.69 Å². The Morgan fingerprint density at radius 3 is 2.17 bits per heavy atom. The number of nitro groups is 1. The fraction of sp³-hybridized carbons (Fsp3) is 0.333. The van der Waals surface area contributed by atoms with Crippen molar-refractivity contribution in [3.8, 4) is 11.5 Å². The number of aryl methyl sites for hydroxylation is 1. The Morgan fingerprint density at radius 1 is 1.04 bits per heavy atom. The van der Waals surface area contributed by atoms with Crippen LogP contribution >= 0.6 is 0 Å². The molecule has 128 valence electrons. The van der Waals surface area contributed by atoms with E-state index in [0.29, 0.717) is 0 Å². The molecule has 0 aliphatic rings. The van der Waals surface area contributed by atoms with Crippen LogP contribution in [0.4, 0.5) is 5.69 Å². The molecule has 24 heavy (non-hydrogen) atoms. The molecule has 6 heteroatoms. The number of ether oxygens (including phenoxy) is 2. The van der Waals surface area contributed by atoms with Crippen molar-refractivity contribution in [3.05, 3.63) is 63.2 Å². The van der Waals surface area contributed by atoms with Gasteiger partial charge in [-0.1, -0.05) is 0 Å². The minimum absolute atomic E-state index is 0.118. The van der Waals surface area contributed by atoms with Gasteiger partial charge >= 0.3 is 0 Å². The quantitative estimate of drug-likeness (QED) is 0.623. The third-order valence-electron chi connectivity index (χ3n) is 3.99. The number of quaternary nitrogens is 1. The number of benzene rings is 2. The van der Waals surface area contributed by atoms with Gasteiger partial charge in [0, 0.05) is 23.3 Å². The Balaban J connectivity index is 2.09. The Morgan fingerprint density at radius 2 is 1.62 bits per heavy atom. The predicted molar refractivity (Wildman–Crippen MR) is 91.7 cm³/mol. The van der Waals surface area contributed by atoms with Gasteiger partial charge in [-0.05, 0) is 36.8 Å². The average Bonchev–Trinajstić information content (AvgIpc) is 2.56. The minimum Gasteiger partial charge on any atom is -0.493 e. The summed E-state index contributed by atoms with van der Waals surface area (Å²) in [6, 6.07) is 10.7. The van der Waals surface area contributed by atoms with E-state index in [2.05, 4.69) is 14.0 Å². The Kier molecular flexibility index (Phi) is 5.76. The van der Waals surface area contributed by atoms with Crippen LogP contribution in [-0.4, -0.2) is 26.2 Å². The van der Waals surface area contributed by atoms with E-state index in [9.17, 15) is 10.1 Å². The lowest BCUT2D eigenvalue weighted by Gasteiger charge is -2.17. The van der Waals surface area contributed by atoms with Gasteiger partial charge in [-0.25, -0.2) is 0 Å². The monoisotopic (exact) mass is 331 g/mol. The highest BCUT2D eigenvalue weighted by atomic mass is 16.6. The molecule has 1 unspecified atom stereocenters. The first kappa shape index (κ1) is 17.7. The third kappa shape index (κ3) is 4.23. The number of nitrogens with zero attached hydrogens (tertiary/aromatic N) is 1. The van der Waals surface area contributed by atoms with Gasteiger partial charge < -0.3 is 14.4 Å². The van der Waals surface area contributed by atoms with Gasteiger partial charge in [-0.15, -0.1) is 0 Å². The predicted octanol–water partition coefficient (Wildman–Crippen LogP) is 2.14. The number of non-ortho nitro benzene ring substituents is 1. The third-order valence-corrected chi connectivity index (χ3v) is 3.99. The number of hydrogen-bond donors (Lipinski definition) is 1. The fourth-order valence-corrected chi connectivity index (χ4v) is 2.68. The maximum atomic E-state index is 10.7. The van der Waals surface area contributed by atoms with Gasteiger partial charge in [-0.2, -0.15) is 0 Å². The van der Waals surface area contributed by atoms with Gasteiger partial charge in [0.05, 0.1) is 26.2 Å². The lowest BCUT2D eigenvalue weighted by Crippen LogP contribution is -3.06. The van der Waals surface area contributed by atoms with Crippen LogP contribution in [0.5, 0.6) is 11.5 Å². The number of nitrogens with one attached hydrogen (secondary N) is 1. The molecule has 0 bridgehead atoms. The van der Waals surface area contributed by atoms with E-state index in [0.717, 1.165) is 35.7 Å². The van der Waals surface area contributed by atoms with Crippen LogP contribution < -0.4 is 14.4 Å². The molecule has 2 rings (SSSR count). The van der Waals surface area contributed by atoms with E-state index < -0.39 is 0 Å². The Bertz CT molecular complexity index is 714. The molecule has 0 saturated carbocycles. The average molecular weight is 331 g/mol. The zero-order chi connectivity index (χ0) is 17.7. The van der Waals surface area contributed by atoms with E-state index >= 15 is 0 Å². The summed E-state index contributed by atoms with van der Waals surface area (Å²) in [5.41, 5.74) is 3.52. The molecule has 0 aliphatic heterocycles. The summed E-state index contributed by atoms with van der Waals surface area (Å²) < 4.78 is 10.7. The minimum atomic E-state index is -0.382. The van der Waals surface area contributed by atoms with Gasteiger partial charge in [-0.3, -0.25) is 10.1 Å². The van der Waals surface area contributed by atoms with Crippen molar-refractivity contribution in [2.45, 2.75) is 20.0 Å². The molecule has 1 atom stereocenters. The fourth-order valence-electron chi connectivity index (χ4n) is 2.68. The van der Waals surface area contributed by atoms with Crippen LogP contribution in [0.3, 0.4) is 0 Å². The first-order chi connectivity index (χ1) is 11.4. The lowest BCUT2D eigenvalue weighted by molar-refractivity contribution is -0.907. The molecule has 0 aliphatic carbocycles. The second-order valence-electron chi connectivity index (χ2n) is 5.87. The smallest absolute Gasteiger partial charge is 0.269 e. The van der Waals surface area contributed by atoms with Crippen molar-refractivity contribution < 1.29 is 19.3 Å². The van der Waals surface area contributed by atoms with Crippen molar-refractivity contribution in [2.24, 2.45) is 0 Å². The molecule has 0 fully saturated rings. The number of nitro benzene ring substituents is 1. The molecule has 0 radical (unpaired) electrons. The Hall–Kier alpha value is -2.60. The second kappa shape index (κ2) is 7.79. The van der Waals surface area contributed by atoms with Crippen LogP contribution in [0.1, 0.15) is 16.7 Å². The van der Waals surface area contributed by atoms with Crippen LogP contribution in [0.2, 0.25) is 0 Å². The van der Waals surface area contributed by atoms with Gasteiger partial charge in [0.15, 0.2) is 11.5 Å². The molecule has 0 saturated heterocycles. The molecular formula is C18H23N2O4+. The van der Waals surface area contributed by atoms with Crippen molar-refractivity contribution in [2.75, 3.05) is 21.3 Å². The number of methoxy groups -OCH3 is 2. The summed E-state index contributed by atoms with van der Waals surface area (Å²) >= 11 is 0. The summed E-state index contributed by atoms with van der Waals surface area (Å²) in [6.45, 7) is 3.66. The Labute approximate surface area is 141 Å². The summed E-state index contributed by atoms with van der Waals surface area (Å²) in [5.74, 6) is 1.45. The SMILES string of the molecule is COc1cc(C)c(C[NH+](C)Cc2ccc([N+](=O)[O-])cc2)cc1OC. The van der Waals surface area contributed by atoms with Crippen molar-refractivity contribution in [3.63, 3.8) is 0 Å². The molecule has 2 aromatic rings. The molecule has 0 heterocycles. The van der Waals surface area contributed by atoms with Gasteiger partial charge in [0.2, 0.25) is 0 Å². The molecule has 0 amide bonds. The largest absolute Gasteiger partial charge is 0.493 e. The zero-order valence-electron chi connectivity index (χ0n) is 14.5. The maximum Gasteiger partial charge on any atom is 0.269 e. The highest BCUT2D eigenvalue weighted by Crippen LogP contribution is 2.29. The topological polar surface area (TPSA) is 66.0 Å². The molecule has 0 aromatic heterocycles. The summed E-state index contributed by atoms with van der Waals surface area (Å²) in [5, 5.41) is 10.7. The van der Waals surface area contributed by atoms with Crippen LogP contribution in [-0.2, 0) is 13.1 Å². The van der Waals surface area contributed by atoms with Crippen LogP contribution in [0.25, 0.3) is 0 Å².